The molecule has 80 valence electrons. The van der Waals surface area contributed by atoms with Crippen LogP contribution in [0.3, 0.4) is 0 Å². The summed E-state index contributed by atoms with van der Waals surface area (Å²) in [7, 11) is 0. The Balaban J connectivity index is 2.65. The standard InChI is InChI=1S/C9H11N3O3/c10-12(7-4-2-1-3-5-7)9(14)6-8(13)11-15/h1-5,15H,6,10H2,(H,11,13). The maximum atomic E-state index is 11.3. The van der Waals surface area contributed by atoms with Gasteiger partial charge in [-0.05, 0) is 12.1 Å². The van der Waals surface area contributed by atoms with Gasteiger partial charge in [-0.1, -0.05) is 18.2 Å². The molecule has 4 N–H and O–H groups in total. The number of nitrogens with two attached hydrogens (primary N) is 1. The number of nitrogens with one attached hydrogen (secondary N) is 1. The van der Waals surface area contributed by atoms with Crippen molar-refractivity contribution in [1.29, 1.82) is 0 Å². The Morgan fingerprint density at radius 1 is 1.33 bits per heavy atom. The van der Waals surface area contributed by atoms with Gasteiger partial charge < -0.3 is 0 Å². The zero-order valence-electron chi connectivity index (χ0n) is 7.88. The number of carbonyl (C=O) groups excluding carboxylic acids is 2. The number of hydrazine groups is 1. The van der Waals surface area contributed by atoms with Crippen LogP contribution in [0.15, 0.2) is 30.3 Å². The number of hydrogen-bond acceptors (Lipinski definition) is 4. The number of benzene rings is 1. The SMILES string of the molecule is NN(C(=O)CC(=O)NO)c1ccccc1. The molecule has 0 aliphatic heterocycles. The number of carbonyl (C=O) groups is 2. The predicted octanol–water partition coefficient (Wildman–Crippen LogP) is -0.211. The average Bonchev–Trinajstić information content (AvgIpc) is 2.29. The Morgan fingerprint density at radius 3 is 2.47 bits per heavy atom. The molecule has 15 heavy (non-hydrogen) atoms. The summed E-state index contributed by atoms with van der Waals surface area (Å²) in [5.41, 5.74) is 1.84. The number of hydroxylamine groups is 1. The number of nitrogens with zero attached hydrogens (tertiary/aromatic N) is 1. The van der Waals surface area contributed by atoms with E-state index >= 15 is 0 Å². The first kappa shape index (κ1) is 11.2. The minimum Gasteiger partial charge on any atom is -0.289 e. The summed E-state index contributed by atoms with van der Waals surface area (Å²) in [6.45, 7) is 0. The van der Waals surface area contributed by atoms with Gasteiger partial charge in [0.2, 0.25) is 0 Å². The second-order valence-electron chi connectivity index (χ2n) is 2.81. The third-order valence-electron chi connectivity index (χ3n) is 1.74. The topological polar surface area (TPSA) is 95.7 Å². The minimum atomic E-state index is -0.800. The highest BCUT2D eigenvalue weighted by molar-refractivity contribution is 6.03. The first-order valence-corrected chi connectivity index (χ1v) is 4.21. The van der Waals surface area contributed by atoms with Gasteiger partial charge in [0.25, 0.3) is 11.8 Å². The summed E-state index contributed by atoms with van der Waals surface area (Å²) < 4.78 is 0. The van der Waals surface area contributed by atoms with Crippen LogP contribution in [-0.2, 0) is 9.59 Å². The van der Waals surface area contributed by atoms with Gasteiger partial charge >= 0.3 is 0 Å². The molecule has 0 heterocycles. The van der Waals surface area contributed by atoms with Crippen LogP contribution >= 0.6 is 0 Å². The summed E-state index contributed by atoms with van der Waals surface area (Å²) in [4.78, 5) is 22.0. The number of para-hydroxylation sites is 1. The van der Waals surface area contributed by atoms with Crippen LogP contribution in [0.25, 0.3) is 0 Å². The Kier molecular flexibility index (Phi) is 3.78. The van der Waals surface area contributed by atoms with E-state index in [-0.39, 0.29) is 0 Å². The quantitative estimate of drug-likeness (QED) is 0.211. The number of rotatable bonds is 3. The van der Waals surface area contributed by atoms with Crippen LogP contribution in [0.1, 0.15) is 6.42 Å². The van der Waals surface area contributed by atoms with Gasteiger partial charge in [0.1, 0.15) is 6.42 Å². The fraction of sp³-hybridized carbons (Fsp3) is 0.111. The maximum Gasteiger partial charge on any atom is 0.252 e. The second kappa shape index (κ2) is 5.08. The molecule has 2 amide bonds. The van der Waals surface area contributed by atoms with E-state index in [9.17, 15) is 9.59 Å². The first-order chi connectivity index (χ1) is 7.15. The molecule has 6 nitrogen and oxygen atoms in total. The summed E-state index contributed by atoms with van der Waals surface area (Å²) in [6, 6.07) is 8.48. The average molecular weight is 209 g/mol. The highest BCUT2D eigenvalue weighted by atomic mass is 16.5. The van der Waals surface area contributed by atoms with E-state index in [1.54, 1.807) is 30.3 Å². The Labute approximate surface area is 86.2 Å². The van der Waals surface area contributed by atoms with Gasteiger partial charge in [-0.25, -0.2) is 16.3 Å². The third-order valence-corrected chi connectivity index (χ3v) is 1.74. The van der Waals surface area contributed by atoms with Crippen LogP contribution in [0.2, 0.25) is 0 Å². The lowest BCUT2D eigenvalue weighted by Gasteiger charge is -2.15. The van der Waals surface area contributed by atoms with Gasteiger partial charge in [-0.3, -0.25) is 14.8 Å². The van der Waals surface area contributed by atoms with Gasteiger partial charge in [-0.15, -0.1) is 0 Å². The molecule has 1 rings (SSSR count). The molecule has 0 radical (unpaired) electrons. The molecule has 0 bridgehead atoms. The highest BCUT2D eigenvalue weighted by Crippen LogP contribution is 2.09. The Hall–Kier alpha value is -1.92. The Morgan fingerprint density at radius 2 is 1.93 bits per heavy atom. The van der Waals surface area contributed by atoms with Crippen LogP contribution in [0.4, 0.5) is 5.69 Å². The third kappa shape index (κ3) is 3.04. The Bertz CT molecular complexity index is 353. The number of hydrogen-bond donors (Lipinski definition) is 3. The van der Waals surface area contributed by atoms with Crippen molar-refractivity contribution >= 4 is 17.5 Å². The number of anilines is 1. The molecule has 0 aliphatic rings. The van der Waals surface area contributed by atoms with Crippen LogP contribution < -0.4 is 16.3 Å². The maximum absolute atomic E-state index is 11.3. The molecule has 0 aromatic heterocycles. The molecule has 0 saturated carbocycles. The van der Waals surface area contributed by atoms with E-state index in [4.69, 9.17) is 11.0 Å². The normalized spacial score (nSPS) is 9.47. The van der Waals surface area contributed by atoms with Crippen LogP contribution in [0.5, 0.6) is 0 Å². The van der Waals surface area contributed by atoms with Gasteiger partial charge in [0, 0.05) is 0 Å². The molecular weight excluding hydrogens is 198 g/mol. The molecule has 0 atom stereocenters. The zero-order chi connectivity index (χ0) is 11.3. The van der Waals surface area contributed by atoms with Crippen molar-refractivity contribution < 1.29 is 14.8 Å². The molecule has 1 aromatic carbocycles. The molecule has 0 spiro atoms. The van der Waals surface area contributed by atoms with Crippen molar-refractivity contribution in [3.05, 3.63) is 30.3 Å². The van der Waals surface area contributed by atoms with Crippen molar-refractivity contribution in [3.8, 4) is 0 Å². The monoisotopic (exact) mass is 209 g/mol. The first-order valence-electron chi connectivity index (χ1n) is 4.21. The van der Waals surface area contributed by atoms with E-state index in [1.165, 1.54) is 5.48 Å². The fourth-order valence-corrected chi connectivity index (χ4v) is 0.995. The smallest absolute Gasteiger partial charge is 0.252 e. The summed E-state index contributed by atoms with van der Waals surface area (Å²) >= 11 is 0. The minimum absolute atomic E-state index is 0.480. The summed E-state index contributed by atoms with van der Waals surface area (Å²) in [5, 5.41) is 9.08. The number of amides is 2. The largest absolute Gasteiger partial charge is 0.289 e. The lowest BCUT2D eigenvalue weighted by molar-refractivity contribution is -0.133. The van der Waals surface area contributed by atoms with E-state index in [1.807, 2.05) is 0 Å². The second-order valence-corrected chi connectivity index (χ2v) is 2.81. The molecular formula is C9H11N3O3. The lowest BCUT2D eigenvalue weighted by Crippen LogP contribution is -2.40. The van der Waals surface area contributed by atoms with Crippen molar-refractivity contribution in [2.24, 2.45) is 5.84 Å². The summed E-state index contributed by atoms with van der Waals surface area (Å²) in [5.74, 6) is 4.06. The van der Waals surface area contributed by atoms with Gasteiger partial charge in [0.05, 0.1) is 5.69 Å². The lowest BCUT2D eigenvalue weighted by atomic mass is 10.3. The summed E-state index contributed by atoms with van der Waals surface area (Å²) in [6.07, 6.45) is -0.498. The highest BCUT2D eigenvalue weighted by Gasteiger charge is 2.15. The van der Waals surface area contributed by atoms with Gasteiger partial charge in [0.15, 0.2) is 0 Å². The van der Waals surface area contributed by atoms with Crippen molar-refractivity contribution in [3.63, 3.8) is 0 Å². The molecule has 0 unspecified atom stereocenters. The van der Waals surface area contributed by atoms with Gasteiger partial charge in [-0.2, -0.15) is 0 Å². The molecule has 0 saturated heterocycles. The fourth-order valence-electron chi connectivity index (χ4n) is 0.995. The molecule has 0 fully saturated rings. The van der Waals surface area contributed by atoms with E-state index < -0.39 is 18.2 Å². The van der Waals surface area contributed by atoms with E-state index in [0.29, 0.717) is 5.69 Å². The van der Waals surface area contributed by atoms with Crippen molar-refractivity contribution in [1.82, 2.24) is 5.48 Å². The van der Waals surface area contributed by atoms with E-state index in [0.717, 1.165) is 5.01 Å². The molecule has 0 aliphatic carbocycles. The van der Waals surface area contributed by atoms with Crippen LogP contribution in [0, 0.1) is 0 Å². The zero-order valence-corrected chi connectivity index (χ0v) is 7.88. The van der Waals surface area contributed by atoms with E-state index in [2.05, 4.69) is 0 Å². The molecule has 6 heteroatoms. The predicted molar refractivity (Wildman–Crippen MR) is 52.7 cm³/mol. The molecule has 1 aromatic rings. The van der Waals surface area contributed by atoms with Crippen LogP contribution in [-0.4, -0.2) is 17.0 Å². The van der Waals surface area contributed by atoms with Crippen molar-refractivity contribution in [2.75, 3.05) is 5.01 Å². The van der Waals surface area contributed by atoms with Crippen molar-refractivity contribution in [2.45, 2.75) is 6.42 Å².